The Kier molecular flexibility index (Phi) is 9.55. The monoisotopic (exact) mass is 639 g/mol. The van der Waals surface area contributed by atoms with Gasteiger partial charge in [-0.2, -0.15) is 16.9 Å². The summed E-state index contributed by atoms with van der Waals surface area (Å²) in [6.45, 7) is 11.3. The van der Waals surface area contributed by atoms with E-state index in [0.717, 1.165) is 89.7 Å². The summed E-state index contributed by atoms with van der Waals surface area (Å²) in [6.07, 6.45) is 10.6. The maximum atomic E-state index is 13.7. The molecule has 2 aromatic heterocycles. The fourth-order valence-electron chi connectivity index (χ4n) is 5.97. The second-order valence-corrected chi connectivity index (χ2v) is 13.8. The Balaban J connectivity index is 1.24. The molecule has 4 aromatic rings. The van der Waals surface area contributed by atoms with Gasteiger partial charge in [0.2, 0.25) is 11.5 Å². The van der Waals surface area contributed by atoms with E-state index in [1.807, 2.05) is 42.7 Å². The lowest BCUT2D eigenvalue weighted by Gasteiger charge is -2.29. The molecule has 0 radical (unpaired) electrons. The summed E-state index contributed by atoms with van der Waals surface area (Å²) < 4.78 is 5.63. The number of urea groups is 1. The van der Waals surface area contributed by atoms with Crippen LogP contribution >= 0.6 is 11.8 Å². The quantitative estimate of drug-likeness (QED) is 0.133. The van der Waals surface area contributed by atoms with Gasteiger partial charge in [0.1, 0.15) is 18.5 Å². The van der Waals surface area contributed by atoms with E-state index in [-0.39, 0.29) is 16.0 Å². The number of benzene rings is 2. The number of anilines is 1. The Morgan fingerprint density at radius 3 is 2.54 bits per heavy atom. The number of H-pyrrole nitrogens is 1. The number of rotatable bonds is 10. The molecule has 6 rings (SSSR count). The number of quaternary nitrogens is 1. The molecule has 46 heavy (non-hydrogen) atoms. The molecule has 0 aliphatic carbocycles. The van der Waals surface area contributed by atoms with Crippen molar-refractivity contribution in [2.45, 2.75) is 33.7 Å². The van der Waals surface area contributed by atoms with Crippen molar-refractivity contribution in [3.63, 3.8) is 0 Å². The van der Waals surface area contributed by atoms with Crippen LogP contribution in [0, 0.1) is 5.41 Å². The van der Waals surface area contributed by atoms with Gasteiger partial charge in [-0.1, -0.05) is 62.3 Å². The zero-order valence-electron chi connectivity index (χ0n) is 27.0. The maximum absolute atomic E-state index is 13.7. The van der Waals surface area contributed by atoms with Crippen LogP contribution in [0.15, 0.2) is 84.1 Å². The summed E-state index contributed by atoms with van der Waals surface area (Å²) in [7, 11) is 0. The number of allylic oxidation sites excluding steroid dienone is 1. The van der Waals surface area contributed by atoms with Crippen LogP contribution < -0.4 is 15.2 Å². The third kappa shape index (κ3) is 6.87. The lowest BCUT2D eigenvalue weighted by atomic mass is 9.90. The molecule has 0 bridgehead atoms. The van der Waals surface area contributed by atoms with Gasteiger partial charge in [0.15, 0.2) is 0 Å². The number of nitrogens with one attached hydrogen (secondary N) is 3. The van der Waals surface area contributed by atoms with Crippen LogP contribution in [-0.4, -0.2) is 76.7 Å². The molecule has 2 aliphatic heterocycles. The fraction of sp³-hybridized carbons (Fsp3) is 0.371. The van der Waals surface area contributed by atoms with Crippen molar-refractivity contribution in [3.8, 4) is 11.1 Å². The molecule has 1 fully saturated rings. The highest BCUT2D eigenvalue weighted by Gasteiger charge is 2.45. The summed E-state index contributed by atoms with van der Waals surface area (Å²) in [4.78, 5) is 20.9. The Hall–Kier alpha value is -4.03. The maximum Gasteiger partial charge on any atom is 0.327 e. The average molecular weight is 640 g/mol. The molecule has 1 unspecified atom stereocenters. The molecule has 1 atom stereocenters. The van der Waals surface area contributed by atoms with E-state index in [9.17, 15) is 4.79 Å². The van der Waals surface area contributed by atoms with Crippen molar-refractivity contribution < 1.29 is 9.53 Å². The molecule has 11 heteroatoms. The topological polar surface area (TPSA) is 108 Å². The molecule has 0 spiro atoms. The molecular formula is C35H43N8O2S+. The van der Waals surface area contributed by atoms with Crippen LogP contribution in [0.25, 0.3) is 21.9 Å². The van der Waals surface area contributed by atoms with E-state index < -0.39 is 0 Å². The second kappa shape index (κ2) is 13.8. The molecular weight excluding hydrogens is 597 g/mol. The standard InChI is InChI=1S/C35H42N8O2S/c1-35(2,3)32-20-33(43(41-32,16-7-19-46-4)27-22-37-38-23-27)40-34(44)39-31-13-12-28(29-8-5-6-9-30(29)31)25-10-11-26(36-21-25)24-42-14-17-45-18-15-42/h5-6,8-13,20-23H,7,14-19,24H2,1-4H3,(H2-,37,38,39,40,41,44)/p+1. The average Bonchev–Trinajstić information content (AvgIpc) is 3.72. The normalized spacial score (nSPS) is 18.8. The van der Waals surface area contributed by atoms with E-state index in [1.54, 1.807) is 18.0 Å². The molecule has 2 aliphatic rings. The van der Waals surface area contributed by atoms with Crippen molar-refractivity contribution in [1.82, 2.24) is 30.0 Å². The summed E-state index contributed by atoms with van der Waals surface area (Å²) in [6, 6.07) is 16.1. The number of aromatic nitrogens is 3. The van der Waals surface area contributed by atoms with Gasteiger partial charge in [-0.15, -0.1) is 4.59 Å². The van der Waals surface area contributed by atoms with Gasteiger partial charge in [-0.25, -0.2) is 4.79 Å². The van der Waals surface area contributed by atoms with Gasteiger partial charge in [0.05, 0.1) is 30.8 Å². The number of hydrogen-bond acceptors (Lipinski definition) is 7. The Morgan fingerprint density at radius 1 is 1.04 bits per heavy atom. The Morgan fingerprint density at radius 2 is 1.85 bits per heavy atom. The fourth-order valence-corrected chi connectivity index (χ4v) is 6.39. The summed E-state index contributed by atoms with van der Waals surface area (Å²) in [5.74, 6) is 1.69. The van der Waals surface area contributed by atoms with Crippen molar-refractivity contribution in [2.75, 3.05) is 50.2 Å². The summed E-state index contributed by atoms with van der Waals surface area (Å²) >= 11 is 1.80. The molecule has 3 N–H and O–H groups in total. The van der Waals surface area contributed by atoms with Crippen molar-refractivity contribution in [3.05, 3.63) is 84.7 Å². The van der Waals surface area contributed by atoms with Gasteiger partial charge in [-0.05, 0) is 35.1 Å². The van der Waals surface area contributed by atoms with Crippen molar-refractivity contribution >= 4 is 45.7 Å². The van der Waals surface area contributed by atoms with Crippen LogP contribution in [0.5, 0.6) is 0 Å². The zero-order chi connectivity index (χ0) is 32.1. The number of nitrogens with zero attached hydrogens (tertiary/aromatic N) is 5. The Bertz CT molecular complexity index is 1720. The number of ether oxygens (including phenoxy) is 1. The second-order valence-electron chi connectivity index (χ2n) is 12.8. The van der Waals surface area contributed by atoms with Crippen LogP contribution in [0.3, 0.4) is 0 Å². The highest BCUT2D eigenvalue weighted by atomic mass is 32.2. The summed E-state index contributed by atoms with van der Waals surface area (Å²) in [5.41, 5.74) is 5.48. The van der Waals surface area contributed by atoms with Crippen LogP contribution in [0.4, 0.5) is 16.2 Å². The molecule has 1 saturated heterocycles. The first-order valence-electron chi connectivity index (χ1n) is 15.8. The van der Waals surface area contributed by atoms with E-state index in [2.05, 4.69) is 77.0 Å². The summed E-state index contributed by atoms with van der Waals surface area (Å²) in [5, 5.41) is 20.7. The molecule has 0 saturated carbocycles. The number of carbonyl (C=O) groups is 1. The first-order valence-corrected chi connectivity index (χ1v) is 17.2. The number of pyridine rings is 1. The molecule has 240 valence electrons. The Labute approximate surface area is 274 Å². The van der Waals surface area contributed by atoms with Gasteiger partial charge in [0.25, 0.3) is 0 Å². The van der Waals surface area contributed by atoms with E-state index in [1.165, 1.54) is 0 Å². The third-order valence-electron chi connectivity index (χ3n) is 8.50. The number of aromatic amines is 1. The number of carbonyl (C=O) groups excluding carboxylic acids is 1. The molecule has 2 aromatic carbocycles. The lowest BCUT2D eigenvalue weighted by Crippen LogP contribution is -2.49. The number of hydrogen-bond donors (Lipinski definition) is 3. The van der Waals surface area contributed by atoms with E-state index in [4.69, 9.17) is 14.8 Å². The number of amides is 2. The number of fused-ring (bicyclic) bond motifs is 1. The van der Waals surface area contributed by atoms with Crippen LogP contribution in [-0.2, 0) is 11.3 Å². The molecule has 4 heterocycles. The highest BCUT2D eigenvalue weighted by molar-refractivity contribution is 7.98. The zero-order valence-corrected chi connectivity index (χ0v) is 27.9. The third-order valence-corrected chi connectivity index (χ3v) is 9.20. The minimum Gasteiger partial charge on any atom is -0.379 e. The predicted octanol–water partition coefficient (Wildman–Crippen LogP) is 6.60. The van der Waals surface area contributed by atoms with Crippen LogP contribution in [0.1, 0.15) is 32.9 Å². The minimum atomic E-state index is -0.320. The van der Waals surface area contributed by atoms with E-state index >= 15 is 0 Å². The van der Waals surface area contributed by atoms with Gasteiger partial charge in [0, 0.05) is 54.7 Å². The van der Waals surface area contributed by atoms with Gasteiger partial charge in [-0.3, -0.25) is 20.3 Å². The molecule has 2 amide bonds. The SMILES string of the molecule is CSCCC[N+]1(c2cn[nH]c2)N=C(C(C)(C)C)C=C1NC(=O)Nc1ccc(-c2ccc(CN3CCOCC3)nc2)c2ccccc12. The van der Waals surface area contributed by atoms with Crippen molar-refractivity contribution in [1.29, 1.82) is 0 Å². The smallest absolute Gasteiger partial charge is 0.327 e. The van der Waals surface area contributed by atoms with Gasteiger partial charge < -0.3 is 10.1 Å². The number of morpholine rings is 1. The predicted molar refractivity (Wildman–Crippen MR) is 189 cm³/mol. The van der Waals surface area contributed by atoms with Crippen LogP contribution in [0.2, 0.25) is 0 Å². The molecule has 10 nitrogen and oxygen atoms in total. The van der Waals surface area contributed by atoms with Gasteiger partial charge >= 0.3 is 6.03 Å². The highest BCUT2D eigenvalue weighted by Crippen LogP contribution is 2.37. The van der Waals surface area contributed by atoms with Crippen molar-refractivity contribution in [2.24, 2.45) is 10.5 Å². The lowest BCUT2D eigenvalue weighted by molar-refractivity contribution is 0.0336. The number of thioether (sulfide) groups is 1. The van der Waals surface area contributed by atoms with E-state index in [0.29, 0.717) is 12.4 Å². The largest absolute Gasteiger partial charge is 0.379 e. The first-order chi connectivity index (χ1) is 22.3. The minimum absolute atomic E-state index is 0.158. The first kappa shape index (κ1) is 31.9.